The van der Waals surface area contributed by atoms with E-state index in [1.807, 2.05) is 4.57 Å². The number of aromatic nitrogens is 3. The SMILES string of the molecule is CN=C(NCCCn1nc2n(c1=O)CCCC2)NC(C)C(C)C.I. The molecule has 8 heteroatoms. The van der Waals surface area contributed by atoms with Crippen molar-refractivity contribution < 1.29 is 0 Å². The van der Waals surface area contributed by atoms with Crippen LogP contribution in [0.3, 0.4) is 0 Å². The Balaban J connectivity index is 0.00000288. The maximum Gasteiger partial charge on any atom is 0.345 e. The fourth-order valence-electron chi connectivity index (χ4n) is 2.61. The molecule has 0 spiro atoms. The second kappa shape index (κ2) is 10.0. The van der Waals surface area contributed by atoms with Crippen LogP contribution in [0.5, 0.6) is 0 Å². The van der Waals surface area contributed by atoms with E-state index < -0.39 is 0 Å². The third-order valence-electron chi connectivity index (χ3n) is 4.46. The summed E-state index contributed by atoms with van der Waals surface area (Å²) in [5, 5.41) is 11.1. The molecule has 7 nitrogen and oxygen atoms in total. The number of halogens is 1. The molecule has 1 aromatic rings. The molecule has 0 radical (unpaired) electrons. The van der Waals surface area contributed by atoms with Gasteiger partial charge < -0.3 is 10.6 Å². The predicted octanol–water partition coefficient (Wildman–Crippen LogP) is 1.60. The first-order valence-corrected chi connectivity index (χ1v) is 8.66. The van der Waals surface area contributed by atoms with Crippen molar-refractivity contribution in [3.63, 3.8) is 0 Å². The van der Waals surface area contributed by atoms with E-state index in [0.717, 1.165) is 50.6 Å². The van der Waals surface area contributed by atoms with Crippen molar-refractivity contribution in [2.24, 2.45) is 10.9 Å². The van der Waals surface area contributed by atoms with Gasteiger partial charge in [-0.15, -0.1) is 24.0 Å². The summed E-state index contributed by atoms with van der Waals surface area (Å²) >= 11 is 0. The highest BCUT2D eigenvalue weighted by atomic mass is 127. The van der Waals surface area contributed by atoms with E-state index in [0.29, 0.717) is 18.5 Å². The van der Waals surface area contributed by atoms with Crippen molar-refractivity contribution >= 4 is 29.9 Å². The number of nitrogens with zero attached hydrogens (tertiary/aromatic N) is 4. The average molecular weight is 450 g/mol. The lowest BCUT2D eigenvalue weighted by atomic mass is 10.1. The minimum atomic E-state index is 0. The molecular weight excluding hydrogens is 419 g/mol. The van der Waals surface area contributed by atoms with Crippen LogP contribution in [0.2, 0.25) is 0 Å². The maximum absolute atomic E-state index is 12.2. The van der Waals surface area contributed by atoms with Gasteiger partial charge in [0.05, 0.1) is 0 Å². The number of aryl methyl sites for hydroxylation is 2. The standard InChI is InChI=1S/C16H30N6O.HI/c1-12(2)13(3)19-15(17-4)18-9-7-11-22-16(23)21-10-6-5-8-14(21)20-22;/h12-13H,5-11H2,1-4H3,(H2,17,18,19);1H. The first-order valence-electron chi connectivity index (χ1n) is 8.66. The zero-order valence-corrected chi connectivity index (χ0v) is 17.5. The number of nitrogens with one attached hydrogen (secondary N) is 2. The lowest BCUT2D eigenvalue weighted by molar-refractivity contribution is 0.478. The van der Waals surface area contributed by atoms with Gasteiger partial charge in [0, 0.05) is 39.1 Å². The monoisotopic (exact) mass is 450 g/mol. The Hall–Kier alpha value is -1.06. The lowest BCUT2D eigenvalue weighted by Crippen LogP contribution is -2.44. The summed E-state index contributed by atoms with van der Waals surface area (Å²) in [6, 6.07) is 0.365. The molecule has 0 saturated carbocycles. The number of aliphatic imine (C=N–C) groups is 1. The summed E-state index contributed by atoms with van der Waals surface area (Å²) in [4.78, 5) is 16.5. The highest BCUT2D eigenvalue weighted by molar-refractivity contribution is 14.0. The number of hydrogen-bond acceptors (Lipinski definition) is 3. The molecule has 138 valence electrons. The van der Waals surface area contributed by atoms with Gasteiger partial charge in [-0.05, 0) is 32.1 Å². The van der Waals surface area contributed by atoms with Crippen LogP contribution in [-0.2, 0) is 19.5 Å². The molecule has 1 unspecified atom stereocenters. The zero-order chi connectivity index (χ0) is 16.8. The fraction of sp³-hybridized carbons (Fsp3) is 0.812. The van der Waals surface area contributed by atoms with Gasteiger partial charge in [-0.25, -0.2) is 9.48 Å². The molecule has 0 aliphatic carbocycles. The fourth-order valence-corrected chi connectivity index (χ4v) is 2.61. The van der Waals surface area contributed by atoms with Crippen LogP contribution < -0.4 is 16.3 Å². The molecule has 1 atom stereocenters. The van der Waals surface area contributed by atoms with Crippen molar-refractivity contribution in [2.45, 2.75) is 65.6 Å². The molecule has 0 fully saturated rings. The zero-order valence-electron chi connectivity index (χ0n) is 15.2. The molecule has 24 heavy (non-hydrogen) atoms. The first-order chi connectivity index (χ1) is 11.0. The summed E-state index contributed by atoms with van der Waals surface area (Å²) in [6.45, 7) is 8.72. The quantitative estimate of drug-likeness (QED) is 0.299. The Morgan fingerprint density at radius 3 is 2.71 bits per heavy atom. The number of hydrogen-bond donors (Lipinski definition) is 2. The minimum Gasteiger partial charge on any atom is -0.356 e. The molecule has 0 saturated heterocycles. The van der Waals surface area contributed by atoms with Crippen molar-refractivity contribution in [1.29, 1.82) is 0 Å². The summed E-state index contributed by atoms with van der Waals surface area (Å²) in [5.74, 6) is 2.30. The minimum absolute atomic E-state index is 0. The van der Waals surface area contributed by atoms with Crippen LogP contribution in [-0.4, -0.2) is 39.9 Å². The summed E-state index contributed by atoms with van der Waals surface area (Å²) in [7, 11) is 1.77. The molecule has 1 aromatic heterocycles. The molecule has 2 heterocycles. The molecule has 2 rings (SSSR count). The van der Waals surface area contributed by atoms with E-state index in [1.54, 1.807) is 11.7 Å². The molecule has 2 N–H and O–H groups in total. The van der Waals surface area contributed by atoms with Gasteiger partial charge in [0.15, 0.2) is 5.96 Å². The van der Waals surface area contributed by atoms with Crippen LogP contribution in [0.4, 0.5) is 0 Å². The Morgan fingerprint density at radius 1 is 1.33 bits per heavy atom. The number of rotatable bonds is 6. The van der Waals surface area contributed by atoms with Crippen molar-refractivity contribution in [2.75, 3.05) is 13.6 Å². The highest BCUT2D eigenvalue weighted by Gasteiger charge is 2.16. The molecule has 0 aromatic carbocycles. The van der Waals surface area contributed by atoms with Gasteiger partial charge >= 0.3 is 5.69 Å². The van der Waals surface area contributed by atoms with Crippen LogP contribution in [0, 0.1) is 5.92 Å². The van der Waals surface area contributed by atoms with E-state index in [2.05, 4.69) is 41.5 Å². The molecule has 0 bridgehead atoms. The lowest BCUT2D eigenvalue weighted by Gasteiger charge is -2.20. The third-order valence-corrected chi connectivity index (χ3v) is 4.46. The Bertz CT molecular complexity index is 592. The van der Waals surface area contributed by atoms with Crippen LogP contribution in [0.1, 0.15) is 45.9 Å². The second-order valence-electron chi connectivity index (χ2n) is 6.56. The normalized spacial score (nSPS) is 15.6. The van der Waals surface area contributed by atoms with Gasteiger partial charge in [0.25, 0.3) is 0 Å². The second-order valence-corrected chi connectivity index (χ2v) is 6.56. The topological polar surface area (TPSA) is 76.2 Å². The maximum atomic E-state index is 12.2. The van der Waals surface area contributed by atoms with E-state index in [-0.39, 0.29) is 29.7 Å². The van der Waals surface area contributed by atoms with E-state index in [4.69, 9.17) is 0 Å². The highest BCUT2D eigenvalue weighted by Crippen LogP contribution is 2.09. The predicted molar refractivity (Wildman–Crippen MR) is 108 cm³/mol. The number of guanidine groups is 1. The molecule has 0 amide bonds. The summed E-state index contributed by atoms with van der Waals surface area (Å²) in [6.07, 6.45) is 3.97. The molecular formula is C16H31IN6O. The Labute approximate surface area is 161 Å². The van der Waals surface area contributed by atoms with Crippen molar-refractivity contribution in [1.82, 2.24) is 25.0 Å². The Morgan fingerprint density at radius 2 is 2.08 bits per heavy atom. The van der Waals surface area contributed by atoms with Crippen LogP contribution in [0.15, 0.2) is 9.79 Å². The van der Waals surface area contributed by atoms with Crippen molar-refractivity contribution in [3.8, 4) is 0 Å². The average Bonchev–Trinajstić information content (AvgIpc) is 2.86. The van der Waals surface area contributed by atoms with Gasteiger partial charge in [-0.2, -0.15) is 5.10 Å². The molecule has 1 aliphatic heterocycles. The summed E-state index contributed by atoms with van der Waals surface area (Å²) in [5.41, 5.74) is 0.0376. The van der Waals surface area contributed by atoms with E-state index in [9.17, 15) is 4.79 Å². The van der Waals surface area contributed by atoms with E-state index >= 15 is 0 Å². The molecule has 1 aliphatic rings. The van der Waals surface area contributed by atoms with Crippen LogP contribution in [0.25, 0.3) is 0 Å². The first kappa shape index (κ1) is 21.0. The van der Waals surface area contributed by atoms with E-state index in [1.165, 1.54) is 0 Å². The smallest absolute Gasteiger partial charge is 0.345 e. The van der Waals surface area contributed by atoms with Crippen LogP contribution >= 0.6 is 24.0 Å². The van der Waals surface area contributed by atoms with Gasteiger partial charge in [-0.1, -0.05) is 13.8 Å². The van der Waals surface area contributed by atoms with Gasteiger partial charge in [0.1, 0.15) is 5.82 Å². The summed E-state index contributed by atoms with van der Waals surface area (Å²) < 4.78 is 3.43. The Kier molecular flexibility index (Phi) is 8.79. The van der Waals surface area contributed by atoms with Gasteiger partial charge in [-0.3, -0.25) is 9.56 Å². The largest absolute Gasteiger partial charge is 0.356 e. The number of fused-ring (bicyclic) bond motifs is 1. The van der Waals surface area contributed by atoms with Gasteiger partial charge in [0.2, 0.25) is 0 Å². The van der Waals surface area contributed by atoms with Crippen molar-refractivity contribution in [3.05, 3.63) is 16.3 Å². The third kappa shape index (κ3) is 5.49.